The average Bonchev–Trinajstić information content (AvgIpc) is 2.93. The van der Waals surface area contributed by atoms with Crippen LogP contribution in [0.2, 0.25) is 0 Å². The molecule has 0 radical (unpaired) electrons. The van der Waals surface area contributed by atoms with Crippen molar-refractivity contribution in [2.45, 2.75) is 32.8 Å². The molecule has 0 unspecified atom stereocenters. The fourth-order valence-corrected chi connectivity index (χ4v) is 1.63. The minimum atomic E-state index is -0.452. The molecule has 0 saturated heterocycles. The molecular formula is C15H18N2O4. The lowest BCUT2D eigenvalue weighted by Crippen LogP contribution is -2.11. The molecule has 0 saturated carbocycles. The summed E-state index contributed by atoms with van der Waals surface area (Å²) in [6, 6.07) is 6.84. The number of carbonyl (C=O) groups excluding carboxylic acids is 1. The summed E-state index contributed by atoms with van der Waals surface area (Å²) in [4.78, 5) is 11.6. The fraction of sp³-hybridized carbons (Fsp3) is 0.400. The average molecular weight is 290 g/mol. The lowest BCUT2D eigenvalue weighted by Gasteiger charge is -2.11. The number of aromatic nitrogens is 2. The lowest BCUT2D eigenvalue weighted by atomic mass is 9.97. The van der Waals surface area contributed by atoms with Gasteiger partial charge in [0, 0.05) is 5.41 Å². The van der Waals surface area contributed by atoms with Crippen LogP contribution in [0.1, 0.15) is 42.9 Å². The highest BCUT2D eigenvalue weighted by molar-refractivity contribution is 5.92. The van der Waals surface area contributed by atoms with Gasteiger partial charge < -0.3 is 13.9 Å². The summed E-state index contributed by atoms with van der Waals surface area (Å²) < 4.78 is 15.8. The minimum Gasteiger partial charge on any atom is -0.483 e. The first-order chi connectivity index (χ1) is 9.91. The summed E-state index contributed by atoms with van der Waals surface area (Å²) in [6.45, 7) is 6.05. The van der Waals surface area contributed by atoms with E-state index in [0.29, 0.717) is 23.1 Å². The minimum absolute atomic E-state index is 0.0943. The number of rotatable bonds is 4. The van der Waals surface area contributed by atoms with Gasteiger partial charge in [-0.3, -0.25) is 0 Å². The molecular weight excluding hydrogens is 272 g/mol. The summed E-state index contributed by atoms with van der Waals surface area (Å²) in [5.41, 5.74) is 0.144. The number of ether oxygens (including phenoxy) is 2. The monoisotopic (exact) mass is 290 g/mol. The van der Waals surface area contributed by atoms with Crippen molar-refractivity contribution < 1.29 is 18.7 Å². The number of esters is 1. The van der Waals surface area contributed by atoms with Gasteiger partial charge in [-0.05, 0) is 12.1 Å². The van der Waals surface area contributed by atoms with E-state index in [-0.39, 0.29) is 12.0 Å². The van der Waals surface area contributed by atoms with Crippen LogP contribution in [-0.2, 0) is 16.8 Å². The molecule has 0 aliphatic heterocycles. The van der Waals surface area contributed by atoms with Crippen LogP contribution in [0.4, 0.5) is 0 Å². The predicted octanol–water partition coefficient (Wildman–Crippen LogP) is 2.73. The molecule has 1 aromatic carbocycles. The molecule has 6 nitrogen and oxygen atoms in total. The first-order valence-corrected chi connectivity index (χ1v) is 6.55. The van der Waals surface area contributed by atoms with Crippen molar-refractivity contribution in [1.29, 1.82) is 0 Å². The Morgan fingerprint density at radius 2 is 1.95 bits per heavy atom. The molecule has 0 fully saturated rings. The van der Waals surface area contributed by atoms with Crippen LogP contribution in [0, 0.1) is 0 Å². The fourth-order valence-electron chi connectivity index (χ4n) is 1.63. The van der Waals surface area contributed by atoms with Gasteiger partial charge in [0.25, 0.3) is 5.89 Å². The van der Waals surface area contributed by atoms with E-state index in [1.54, 1.807) is 24.3 Å². The Hall–Kier alpha value is -2.37. The highest BCUT2D eigenvalue weighted by Crippen LogP contribution is 2.22. The summed E-state index contributed by atoms with van der Waals surface area (Å²) in [7, 11) is 1.33. The van der Waals surface area contributed by atoms with Crippen LogP contribution in [0.5, 0.6) is 5.75 Å². The second kappa shape index (κ2) is 5.95. The number of carbonyl (C=O) groups is 1. The third-order valence-corrected chi connectivity index (χ3v) is 2.75. The van der Waals surface area contributed by atoms with Crippen molar-refractivity contribution in [2.75, 3.05) is 7.11 Å². The summed E-state index contributed by atoms with van der Waals surface area (Å²) in [6.07, 6.45) is 0. The molecule has 0 N–H and O–H groups in total. The maximum absolute atomic E-state index is 11.6. The molecule has 2 aromatic rings. The van der Waals surface area contributed by atoms with Gasteiger partial charge in [-0.25, -0.2) is 4.79 Å². The quantitative estimate of drug-likeness (QED) is 0.806. The lowest BCUT2D eigenvalue weighted by molar-refractivity contribution is 0.0595. The smallest absolute Gasteiger partial charge is 0.341 e. The highest BCUT2D eigenvalue weighted by atomic mass is 16.5. The number of hydrogen-bond donors (Lipinski definition) is 0. The molecule has 2 rings (SSSR count). The van der Waals surface area contributed by atoms with E-state index in [1.807, 2.05) is 20.8 Å². The molecule has 0 amide bonds. The molecule has 0 bridgehead atoms. The van der Waals surface area contributed by atoms with E-state index in [0.717, 1.165) is 0 Å². The van der Waals surface area contributed by atoms with Crippen molar-refractivity contribution in [3.05, 3.63) is 41.6 Å². The summed E-state index contributed by atoms with van der Waals surface area (Å²) >= 11 is 0. The van der Waals surface area contributed by atoms with E-state index in [2.05, 4.69) is 10.2 Å². The van der Waals surface area contributed by atoms with Crippen molar-refractivity contribution in [1.82, 2.24) is 10.2 Å². The molecule has 0 atom stereocenters. The van der Waals surface area contributed by atoms with Gasteiger partial charge in [-0.2, -0.15) is 0 Å². The van der Waals surface area contributed by atoms with E-state index < -0.39 is 5.97 Å². The molecule has 0 aliphatic rings. The van der Waals surface area contributed by atoms with Crippen molar-refractivity contribution in [3.63, 3.8) is 0 Å². The number of para-hydroxylation sites is 1. The second-order valence-corrected chi connectivity index (χ2v) is 5.53. The standard InChI is InChI=1S/C15H18N2O4/c1-15(2,3)14-17-16-12(21-14)9-20-11-8-6-5-7-10(11)13(18)19-4/h5-8H,9H2,1-4H3. The molecule has 1 heterocycles. The van der Waals surface area contributed by atoms with Crippen molar-refractivity contribution >= 4 is 5.97 Å². The van der Waals surface area contributed by atoms with Gasteiger partial charge in [0.1, 0.15) is 11.3 Å². The molecule has 21 heavy (non-hydrogen) atoms. The third kappa shape index (κ3) is 3.59. The van der Waals surface area contributed by atoms with E-state index in [9.17, 15) is 4.79 Å². The Morgan fingerprint density at radius 3 is 2.57 bits per heavy atom. The van der Waals surface area contributed by atoms with Crippen LogP contribution >= 0.6 is 0 Å². The predicted molar refractivity (Wildman–Crippen MR) is 75.1 cm³/mol. The molecule has 0 aliphatic carbocycles. The third-order valence-electron chi connectivity index (χ3n) is 2.75. The second-order valence-electron chi connectivity index (χ2n) is 5.53. The maximum Gasteiger partial charge on any atom is 0.341 e. The van der Waals surface area contributed by atoms with Gasteiger partial charge in [0.15, 0.2) is 6.61 Å². The zero-order chi connectivity index (χ0) is 15.5. The number of nitrogens with zero attached hydrogens (tertiary/aromatic N) is 2. The van der Waals surface area contributed by atoms with E-state index in [4.69, 9.17) is 13.9 Å². The van der Waals surface area contributed by atoms with Crippen molar-refractivity contribution in [2.24, 2.45) is 0 Å². The SMILES string of the molecule is COC(=O)c1ccccc1OCc1nnc(C(C)(C)C)o1. The van der Waals surface area contributed by atoms with Crippen LogP contribution in [0.3, 0.4) is 0 Å². The first-order valence-electron chi connectivity index (χ1n) is 6.55. The van der Waals surface area contributed by atoms with Crippen LogP contribution in [0.15, 0.2) is 28.7 Å². The molecule has 6 heteroatoms. The van der Waals surface area contributed by atoms with Gasteiger partial charge in [-0.15, -0.1) is 10.2 Å². The Balaban J connectivity index is 2.10. The largest absolute Gasteiger partial charge is 0.483 e. The van der Waals surface area contributed by atoms with Gasteiger partial charge in [-0.1, -0.05) is 32.9 Å². The molecule has 0 spiro atoms. The van der Waals surface area contributed by atoms with Crippen molar-refractivity contribution in [3.8, 4) is 5.75 Å². The maximum atomic E-state index is 11.6. The molecule has 1 aromatic heterocycles. The molecule has 112 valence electrons. The van der Waals surface area contributed by atoms with Crippen LogP contribution in [-0.4, -0.2) is 23.3 Å². The Bertz CT molecular complexity index is 629. The normalized spacial score (nSPS) is 11.2. The first kappa shape index (κ1) is 15.0. The van der Waals surface area contributed by atoms with Gasteiger partial charge in [0.05, 0.1) is 7.11 Å². The van der Waals surface area contributed by atoms with Crippen LogP contribution < -0.4 is 4.74 Å². The summed E-state index contributed by atoms with van der Waals surface area (Å²) in [5.74, 6) is 0.869. The topological polar surface area (TPSA) is 74.5 Å². The Morgan fingerprint density at radius 1 is 1.24 bits per heavy atom. The summed E-state index contributed by atoms with van der Waals surface area (Å²) in [5, 5.41) is 7.92. The number of hydrogen-bond acceptors (Lipinski definition) is 6. The zero-order valence-electron chi connectivity index (χ0n) is 12.5. The zero-order valence-corrected chi connectivity index (χ0v) is 12.5. The van der Waals surface area contributed by atoms with Gasteiger partial charge >= 0.3 is 5.97 Å². The Kier molecular flexibility index (Phi) is 4.26. The van der Waals surface area contributed by atoms with E-state index >= 15 is 0 Å². The van der Waals surface area contributed by atoms with Crippen LogP contribution in [0.25, 0.3) is 0 Å². The van der Waals surface area contributed by atoms with Gasteiger partial charge in [0.2, 0.25) is 5.89 Å². The van der Waals surface area contributed by atoms with E-state index in [1.165, 1.54) is 7.11 Å². The highest BCUT2D eigenvalue weighted by Gasteiger charge is 2.21. The number of methoxy groups -OCH3 is 1. The number of benzene rings is 1. The Labute approximate surface area is 123 Å².